The minimum atomic E-state index is -0.0220. The highest BCUT2D eigenvalue weighted by atomic mass is 35.5. The van der Waals surface area contributed by atoms with E-state index in [4.69, 9.17) is 5.73 Å². The van der Waals surface area contributed by atoms with Crippen molar-refractivity contribution < 1.29 is 4.79 Å². The van der Waals surface area contributed by atoms with Gasteiger partial charge < -0.3 is 11.1 Å². The van der Waals surface area contributed by atoms with Gasteiger partial charge in [0.2, 0.25) is 0 Å². The maximum atomic E-state index is 12.1. The number of amides is 1. The smallest absolute Gasteiger partial charge is 0.251 e. The molecular formula is C16H27ClN2OS. The van der Waals surface area contributed by atoms with Crippen LogP contribution in [0.1, 0.15) is 49.0 Å². The van der Waals surface area contributed by atoms with E-state index in [2.05, 4.69) is 19.2 Å². The summed E-state index contributed by atoms with van der Waals surface area (Å²) in [5.74, 6) is 2.09. The molecule has 1 atom stereocenters. The molecule has 0 heterocycles. The van der Waals surface area contributed by atoms with Gasteiger partial charge in [-0.1, -0.05) is 38.8 Å². The van der Waals surface area contributed by atoms with E-state index in [1.807, 2.05) is 36.0 Å². The number of rotatable bonds is 9. The number of carbonyl (C=O) groups excluding carboxylic acids is 1. The number of hydrogen-bond acceptors (Lipinski definition) is 3. The first kappa shape index (κ1) is 20.3. The summed E-state index contributed by atoms with van der Waals surface area (Å²) < 4.78 is 0. The topological polar surface area (TPSA) is 55.1 Å². The van der Waals surface area contributed by atoms with Crippen LogP contribution in [0, 0.1) is 0 Å². The number of nitrogens with one attached hydrogen (secondary N) is 1. The van der Waals surface area contributed by atoms with Crippen LogP contribution in [0.15, 0.2) is 24.3 Å². The third kappa shape index (κ3) is 7.74. The molecule has 1 amide bonds. The first-order valence-electron chi connectivity index (χ1n) is 7.38. The summed E-state index contributed by atoms with van der Waals surface area (Å²) in [7, 11) is 0. The summed E-state index contributed by atoms with van der Waals surface area (Å²) >= 11 is 1.88. The zero-order valence-corrected chi connectivity index (χ0v) is 14.6. The van der Waals surface area contributed by atoms with Crippen LogP contribution >= 0.6 is 24.2 Å². The van der Waals surface area contributed by atoms with Gasteiger partial charge in [0.1, 0.15) is 0 Å². The molecule has 5 heteroatoms. The van der Waals surface area contributed by atoms with E-state index in [0.717, 1.165) is 30.8 Å². The van der Waals surface area contributed by atoms with Crippen molar-refractivity contribution >= 4 is 30.1 Å². The maximum absolute atomic E-state index is 12.1. The van der Waals surface area contributed by atoms with Crippen molar-refractivity contribution in [2.45, 2.75) is 44.9 Å². The molecular weight excluding hydrogens is 304 g/mol. The Morgan fingerprint density at radius 2 is 1.95 bits per heavy atom. The van der Waals surface area contributed by atoms with E-state index in [9.17, 15) is 4.79 Å². The van der Waals surface area contributed by atoms with E-state index in [1.54, 1.807) is 0 Å². The summed E-state index contributed by atoms with van der Waals surface area (Å²) in [5.41, 5.74) is 7.67. The van der Waals surface area contributed by atoms with Crippen molar-refractivity contribution in [3.8, 4) is 0 Å². The molecule has 3 N–H and O–H groups in total. The predicted octanol–water partition coefficient (Wildman–Crippen LogP) is 3.61. The minimum Gasteiger partial charge on any atom is -0.348 e. The SMILES string of the molecule is CCCCC(CN)NC(=O)c1ccc(CSCC)cc1.Cl. The number of benzene rings is 1. The summed E-state index contributed by atoms with van der Waals surface area (Å²) in [5, 5.41) is 3.01. The van der Waals surface area contributed by atoms with Gasteiger partial charge in [0, 0.05) is 23.9 Å². The fourth-order valence-electron chi connectivity index (χ4n) is 1.94. The van der Waals surface area contributed by atoms with Crippen LogP contribution in [0.2, 0.25) is 0 Å². The van der Waals surface area contributed by atoms with Crippen molar-refractivity contribution in [3.05, 3.63) is 35.4 Å². The van der Waals surface area contributed by atoms with Gasteiger partial charge in [-0.05, 0) is 29.9 Å². The highest BCUT2D eigenvalue weighted by Crippen LogP contribution is 2.13. The fourth-order valence-corrected chi connectivity index (χ4v) is 2.57. The molecule has 0 aliphatic carbocycles. The van der Waals surface area contributed by atoms with Gasteiger partial charge in [-0.15, -0.1) is 12.4 Å². The minimum absolute atomic E-state index is 0. The van der Waals surface area contributed by atoms with E-state index >= 15 is 0 Å². The molecule has 0 aliphatic heterocycles. The normalized spacial score (nSPS) is 11.6. The fraction of sp³-hybridized carbons (Fsp3) is 0.562. The number of nitrogens with two attached hydrogens (primary N) is 1. The van der Waals surface area contributed by atoms with Gasteiger partial charge in [-0.2, -0.15) is 11.8 Å². The first-order valence-corrected chi connectivity index (χ1v) is 8.54. The molecule has 0 radical (unpaired) electrons. The monoisotopic (exact) mass is 330 g/mol. The molecule has 1 aromatic rings. The summed E-state index contributed by atoms with van der Waals surface area (Å²) in [4.78, 5) is 12.1. The lowest BCUT2D eigenvalue weighted by molar-refractivity contribution is 0.0936. The third-order valence-corrected chi connectivity index (χ3v) is 4.16. The average molecular weight is 331 g/mol. The largest absolute Gasteiger partial charge is 0.348 e. The third-order valence-electron chi connectivity index (χ3n) is 3.21. The molecule has 0 spiro atoms. The van der Waals surface area contributed by atoms with Crippen molar-refractivity contribution in [2.75, 3.05) is 12.3 Å². The lowest BCUT2D eigenvalue weighted by Crippen LogP contribution is -2.40. The highest BCUT2D eigenvalue weighted by molar-refractivity contribution is 7.98. The van der Waals surface area contributed by atoms with Crippen LogP contribution in [0.25, 0.3) is 0 Å². The number of carbonyl (C=O) groups is 1. The van der Waals surface area contributed by atoms with Crippen LogP contribution in [0.3, 0.4) is 0 Å². The van der Waals surface area contributed by atoms with Crippen molar-refractivity contribution in [1.29, 1.82) is 0 Å². The molecule has 0 aromatic heterocycles. The lowest BCUT2D eigenvalue weighted by atomic mass is 10.1. The van der Waals surface area contributed by atoms with Crippen molar-refractivity contribution in [2.24, 2.45) is 5.73 Å². The zero-order valence-electron chi connectivity index (χ0n) is 12.9. The summed E-state index contributed by atoms with van der Waals surface area (Å²) in [6.07, 6.45) is 3.16. The summed E-state index contributed by atoms with van der Waals surface area (Å²) in [6, 6.07) is 7.93. The lowest BCUT2D eigenvalue weighted by Gasteiger charge is -2.16. The van der Waals surface area contributed by atoms with Gasteiger partial charge in [0.15, 0.2) is 0 Å². The van der Waals surface area contributed by atoms with Crippen molar-refractivity contribution in [3.63, 3.8) is 0 Å². The molecule has 3 nitrogen and oxygen atoms in total. The number of hydrogen-bond donors (Lipinski definition) is 2. The van der Waals surface area contributed by atoms with Crippen LogP contribution in [-0.4, -0.2) is 24.2 Å². The maximum Gasteiger partial charge on any atom is 0.251 e. The molecule has 1 rings (SSSR count). The quantitative estimate of drug-likeness (QED) is 0.727. The Balaban J connectivity index is 0.00000400. The first-order chi connectivity index (χ1) is 9.71. The molecule has 1 unspecified atom stereocenters. The van der Waals surface area contributed by atoms with Crippen LogP contribution in [-0.2, 0) is 5.75 Å². The second kappa shape index (κ2) is 11.9. The van der Waals surface area contributed by atoms with Crippen LogP contribution in [0.4, 0.5) is 0 Å². The van der Waals surface area contributed by atoms with Crippen molar-refractivity contribution in [1.82, 2.24) is 5.32 Å². The van der Waals surface area contributed by atoms with E-state index in [0.29, 0.717) is 12.1 Å². The van der Waals surface area contributed by atoms with Crippen LogP contribution in [0.5, 0.6) is 0 Å². The van der Waals surface area contributed by atoms with Gasteiger partial charge in [0.25, 0.3) is 5.91 Å². The Morgan fingerprint density at radius 3 is 2.48 bits per heavy atom. The molecule has 0 bridgehead atoms. The Hall–Kier alpha value is -0.710. The van der Waals surface area contributed by atoms with Gasteiger partial charge >= 0.3 is 0 Å². The molecule has 21 heavy (non-hydrogen) atoms. The molecule has 120 valence electrons. The predicted molar refractivity (Wildman–Crippen MR) is 95.4 cm³/mol. The number of halogens is 1. The van der Waals surface area contributed by atoms with E-state index in [1.165, 1.54) is 5.56 Å². The van der Waals surface area contributed by atoms with Gasteiger partial charge in [-0.25, -0.2) is 0 Å². The number of thioether (sulfide) groups is 1. The molecule has 0 aliphatic rings. The van der Waals surface area contributed by atoms with E-state index < -0.39 is 0 Å². The Labute approximate surface area is 138 Å². The Bertz CT molecular complexity index is 398. The Kier molecular flexibility index (Phi) is 11.5. The van der Waals surface area contributed by atoms with Crippen LogP contribution < -0.4 is 11.1 Å². The highest BCUT2D eigenvalue weighted by Gasteiger charge is 2.11. The van der Waals surface area contributed by atoms with Gasteiger partial charge in [0.05, 0.1) is 0 Å². The number of unbranched alkanes of at least 4 members (excludes halogenated alkanes) is 1. The van der Waals surface area contributed by atoms with Gasteiger partial charge in [-0.3, -0.25) is 4.79 Å². The van der Waals surface area contributed by atoms with E-state index in [-0.39, 0.29) is 24.4 Å². The Morgan fingerprint density at radius 1 is 1.29 bits per heavy atom. The molecule has 0 fully saturated rings. The second-order valence-electron chi connectivity index (χ2n) is 4.88. The molecule has 0 saturated heterocycles. The standard InChI is InChI=1S/C16H26N2OS.ClH/c1-3-5-6-15(11-17)18-16(19)14-9-7-13(8-10-14)12-20-4-2;/h7-10,15H,3-6,11-12,17H2,1-2H3,(H,18,19);1H. The average Bonchev–Trinajstić information content (AvgIpc) is 2.49. The summed E-state index contributed by atoms with van der Waals surface area (Å²) in [6.45, 7) is 4.79. The molecule has 1 aromatic carbocycles. The second-order valence-corrected chi connectivity index (χ2v) is 6.16. The zero-order chi connectivity index (χ0) is 14.8. The molecule has 0 saturated carbocycles.